The fraction of sp³-hybridized carbons (Fsp3) is 0.526. The Morgan fingerprint density at radius 2 is 1.40 bits per heavy atom. The number of pyridine rings is 1. The van der Waals surface area contributed by atoms with E-state index in [4.69, 9.17) is 0 Å². The molecule has 0 spiro atoms. The molecule has 4 aliphatic carbocycles. The molecule has 1 aromatic heterocycles. The van der Waals surface area contributed by atoms with Crippen LogP contribution in [0.5, 0.6) is 0 Å². The molecule has 0 radical (unpaired) electrons. The monoisotopic (exact) mass is 264 g/mol. The fourth-order valence-electron chi connectivity index (χ4n) is 5.81. The zero-order chi connectivity index (χ0) is 13.2. The van der Waals surface area contributed by atoms with Crippen LogP contribution in [0.15, 0.2) is 42.7 Å². The van der Waals surface area contributed by atoms with Crippen LogP contribution in [0.25, 0.3) is 10.8 Å². The van der Waals surface area contributed by atoms with Crippen LogP contribution >= 0.6 is 0 Å². The number of rotatable bonds is 1. The lowest BCUT2D eigenvalue weighted by atomic mass is 9.53. The third-order valence-corrected chi connectivity index (χ3v) is 6.24. The number of hydrogen-bond donors (Lipinski definition) is 0. The van der Waals surface area contributed by atoms with Gasteiger partial charge in [0.1, 0.15) is 0 Å². The predicted molar refractivity (Wildman–Crippen MR) is 80.3 cm³/mol. The number of fused-ring (bicyclic) bond motifs is 1. The molecule has 1 nitrogen and oxygen atoms in total. The molecule has 4 saturated carbocycles. The summed E-state index contributed by atoms with van der Waals surface area (Å²) in [7, 11) is 0. The lowest BCUT2D eigenvalue weighted by molar-refractivity contribution is -0.775. The van der Waals surface area contributed by atoms with Crippen LogP contribution in [0.4, 0.5) is 0 Å². The lowest BCUT2D eigenvalue weighted by Gasteiger charge is -2.53. The van der Waals surface area contributed by atoms with E-state index in [2.05, 4.69) is 47.3 Å². The van der Waals surface area contributed by atoms with E-state index in [1.165, 1.54) is 49.3 Å². The van der Waals surface area contributed by atoms with Gasteiger partial charge in [-0.2, -0.15) is 4.57 Å². The third-order valence-electron chi connectivity index (χ3n) is 6.24. The van der Waals surface area contributed by atoms with Gasteiger partial charge < -0.3 is 0 Å². The molecule has 0 N–H and O–H groups in total. The fourth-order valence-corrected chi connectivity index (χ4v) is 5.81. The lowest BCUT2D eigenvalue weighted by Crippen LogP contribution is -2.64. The quantitative estimate of drug-likeness (QED) is 0.684. The Morgan fingerprint density at radius 1 is 0.800 bits per heavy atom. The Balaban J connectivity index is 1.63. The van der Waals surface area contributed by atoms with Crippen molar-refractivity contribution in [2.75, 3.05) is 0 Å². The zero-order valence-electron chi connectivity index (χ0n) is 12.0. The molecule has 0 saturated heterocycles. The second-order valence-electron chi connectivity index (χ2n) is 7.62. The summed E-state index contributed by atoms with van der Waals surface area (Å²) in [5, 5.41) is 2.76. The minimum Gasteiger partial charge on any atom is -0.199 e. The van der Waals surface area contributed by atoms with E-state index < -0.39 is 0 Å². The highest BCUT2D eigenvalue weighted by Gasteiger charge is 2.56. The largest absolute Gasteiger partial charge is 0.199 e. The van der Waals surface area contributed by atoms with E-state index in [9.17, 15) is 0 Å². The molecule has 6 rings (SSSR count). The normalized spacial score (nSPS) is 38.5. The number of nitrogens with zero attached hydrogens (tertiary/aromatic N) is 1. The van der Waals surface area contributed by atoms with Crippen molar-refractivity contribution in [1.29, 1.82) is 0 Å². The van der Waals surface area contributed by atoms with Crippen LogP contribution in [-0.4, -0.2) is 0 Å². The first-order valence-electron chi connectivity index (χ1n) is 8.21. The molecule has 4 aliphatic rings. The zero-order valence-corrected chi connectivity index (χ0v) is 12.0. The minimum atomic E-state index is 0.457. The third kappa shape index (κ3) is 1.52. The van der Waals surface area contributed by atoms with Crippen LogP contribution in [0.1, 0.15) is 38.5 Å². The molecule has 4 bridgehead atoms. The van der Waals surface area contributed by atoms with Crippen molar-refractivity contribution < 1.29 is 4.57 Å². The smallest absolute Gasteiger partial charge is 0.177 e. The highest BCUT2D eigenvalue weighted by molar-refractivity contribution is 5.80. The maximum atomic E-state index is 2.60. The molecule has 20 heavy (non-hydrogen) atoms. The van der Waals surface area contributed by atoms with Crippen LogP contribution in [0, 0.1) is 17.8 Å². The topological polar surface area (TPSA) is 3.88 Å². The van der Waals surface area contributed by atoms with E-state index in [0.717, 1.165) is 17.8 Å². The molecule has 102 valence electrons. The second kappa shape index (κ2) is 3.84. The van der Waals surface area contributed by atoms with Gasteiger partial charge >= 0.3 is 0 Å². The molecule has 0 atom stereocenters. The average molecular weight is 264 g/mol. The Kier molecular flexibility index (Phi) is 2.17. The average Bonchev–Trinajstić information content (AvgIpc) is 2.45. The van der Waals surface area contributed by atoms with Crippen molar-refractivity contribution in [2.45, 2.75) is 44.1 Å². The summed E-state index contributed by atoms with van der Waals surface area (Å²) in [4.78, 5) is 0. The molecule has 1 heteroatoms. The van der Waals surface area contributed by atoms with Gasteiger partial charge in [0.15, 0.2) is 17.9 Å². The second-order valence-corrected chi connectivity index (χ2v) is 7.62. The van der Waals surface area contributed by atoms with Crippen LogP contribution in [-0.2, 0) is 5.54 Å². The van der Waals surface area contributed by atoms with E-state index in [1.807, 2.05) is 0 Å². The Morgan fingerprint density at radius 3 is 2.05 bits per heavy atom. The van der Waals surface area contributed by atoms with Gasteiger partial charge in [-0.15, -0.1) is 0 Å². The van der Waals surface area contributed by atoms with E-state index in [0.29, 0.717) is 5.54 Å². The van der Waals surface area contributed by atoms with Gasteiger partial charge in [-0.3, -0.25) is 0 Å². The molecular weight excluding hydrogens is 242 g/mol. The molecule has 4 fully saturated rings. The Bertz CT molecular complexity index is 637. The number of hydrogen-bond acceptors (Lipinski definition) is 0. The van der Waals surface area contributed by atoms with Gasteiger partial charge in [0, 0.05) is 30.7 Å². The van der Waals surface area contributed by atoms with Gasteiger partial charge in [-0.25, -0.2) is 0 Å². The van der Waals surface area contributed by atoms with Crippen molar-refractivity contribution in [3.63, 3.8) is 0 Å². The summed E-state index contributed by atoms with van der Waals surface area (Å²) in [6, 6.07) is 11.1. The summed E-state index contributed by atoms with van der Waals surface area (Å²) in [6.45, 7) is 0. The van der Waals surface area contributed by atoms with Crippen molar-refractivity contribution in [3.8, 4) is 0 Å². The molecule has 2 aromatic rings. The van der Waals surface area contributed by atoms with Gasteiger partial charge in [0.25, 0.3) is 0 Å². The first-order valence-corrected chi connectivity index (χ1v) is 8.21. The van der Waals surface area contributed by atoms with Gasteiger partial charge in [0.2, 0.25) is 0 Å². The Labute approximate surface area is 120 Å². The standard InChI is InChI=1S/C19H22N/c1-2-4-18-13-20(6-5-17(18)3-1)19-10-14-7-15(11-19)9-16(8-14)12-19/h1-6,13-16H,7-12H2/q+1. The van der Waals surface area contributed by atoms with Gasteiger partial charge in [-0.1, -0.05) is 18.2 Å². The SMILES string of the molecule is c1ccc2c[n+](C34CC5CC(CC(C5)C3)C4)ccc2c1. The van der Waals surface area contributed by atoms with Gasteiger partial charge in [-0.05, 0) is 48.5 Å². The van der Waals surface area contributed by atoms with Crippen molar-refractivity contribution in [2.24, 2.45) is 17.8 Å². The van der Waals surface area contributed by atoms with E-state index >= 15 is 0 Å². The molecule has 0 amide bonds. The molecule has 1 heterocycles. The van der Waals surface area contributed by atoms with E-state index in [1.54, 1.807) is 0 Å². The summed E-state index contributed by atoms with van der Waals surface area (Å²) in [5.74, 6) is 3.04. The van der Waals surface area contributed by atoms with Gasteiger partial charge in [0.05, 0.1) is 0 Å². The minimum absolute atomic E-state index is 0.457. The van der Waals surface area contributed by atoms with Crippen LogP contribution in [0.2, 0.25) is 0 Å². The molecular formula is C19H22N+. The van der Waals surface area contributed by atoms with Crippen LogP contribution in [0.3, 0.4) is 0 Å². The van der Waals surface area contributed by atoms with Crippen LogP contribution < -0.4 is 4.57 Å². The number of benzene rings is 1. The molecule has 1 aromatic carbocycles. The maximum Gasteiger partial charge on any atom is 0.177 e. The first-order chi connectivity index (χ1) is 9.81. The molecule has 0 aliphatic heterocycles. The summed E-state index contributed by atoms with van der Waals surface area (Å²) in [5.41, 5.74) is 0.457. The highest BCUT2D eigenvalue weighted by atomic mass is 15.0. The highest BCUT2D eigenvalue weighted by Crippen LogP contribution is 2.56. The van der Waals surface area contributed by atoms with Crippen molar-refractivity contribution in [3.05, 3.63) is 42.7 Å². The van der Waals surface area contributed by atoms with Crippen molar-refractivity contribution in [1.82, 2.24) is 0 Å². The van der Waals surface area contributed by atoms with E-state index in [-0.39, 0.29) is 0 Å². The maximum absolute atomic E-state index is 2.60. The molecule has 0 unspecified atom stereocenters. The summed E-state index contributed by atoms with van der Waals surface area (Å²) < 4.78 is 2.60. The van der Waals surface area contributed by atoms with Crippen molar-refractivity contribution >= 4 is 10.8 Å². The number of aromatic nitrogens is 1. The summed E-state index contributed by atoms with van der Waals surface area (Å²) >= 11 is 0. The Hall–Kier alpha value is -1.37. The summed E-state index contributed by atoms with van der Waals surface area (Å²) in [6.07, 6.45) is 13.6. The predicted octanol–water partition coefficient (Wildman–Crippen LogP) is 4.05. The first kappa shape index (κ1) is 11.3.